The molecule has 108 valence electrons. The van der Waals surface area contributed by atoms with E-state index in [1.807, 2.05) is 18.2 Å². The Morgan fingerprint density at radius 3 is 2.65 bits per heavy atom. The molecule has 1 aromatic carbocycles. The Bertz CT molecular complexity index is 475. The van der Waals surface area contributed by atoms with Crippen LogP contribution in [0.1, 0.15) is 31.2 Å². The number of carbonyl (C=O) groups excluding carboxylic acids is 1. The lowest BCUT2D eigenvalue weighted by atomic mass is 10.1. The van der Waals surface area contributed by atoms with E-state index >= 15 is 0 Å². The van der Waals surface area contributed by atoms with Crippen molar-refractivity contribution in [2.75, 3.05) is 6.54 Å². The summed E-state index contributed by atoms with van der Waals surface area (Å²) in [4.78, 5) is 22.5. The number of urea groups is 1. The second-order valence-electron chi connectivity index (χ2n) is 5.16. The lowest BCUT2D eigenvalue weighted by Gasteiger charge is -2.12. The van der Waals surface area contributed by atoms with E-state index in [9.17, 15) is 9.59 Å². The van der Waals surface area contributed by atoms with Gasteiger partial charge in [0, 0.05) is 18.5 Å². The van der Waals surface area contributed by atoms with E-state index in [4.69, 9.17) is 5.11 Å². The minimum atomic E-state index is -0.874. The van der Waals surface area contributed by atoms with E-state index in [0.717, 1.165) is 6.42 Å². The number of aliphatic carboxylic acids is 1. The monoisotopic (exact) mass is 276 g/mol. The SMILES string of the molecule is CCC(CNC(=O)NC1CC1c1ccccc1)C(=O)O. The summed E-state index contributed by atoms with van der Waals surface area (Å²) in [6, 6.07) is 9.93. The van der Waals surface area contributed by atoms with Crippen LogP contribution in [-0.4, -0.2) is 29.7 Å². The molecule has 20 heavy (non-hydrogen) atoms. The quantitative estimate of drug-likeness (QED) is 0.743. The van der Waals surface area contributed by atoms with Crippen LogP contribution in [-0.2, 0) is 4.79 Å². The number of amides is 2. The van der Waals surface area contributed by atoms with Crippen molar-refractivity contribution in [1.82, 2.24) is 10.6 Å². The zero-order valence-corrected chi connectivity index (χ0v) is 11.5. The van der Waals surface area contributed by atoms with Gasteiger partial charge >= 0.3 is 12.0 Å². The average molecular weight is 276 g/mol. The second-order valence-corrected chi connectivity index (χ2v) is 5.16. The van der Waals surface area contributed by atoms with Crippen molar-refractivity contribution in [1.29, 1.82) is 0 Å². The summed E-state index contributed by atoms with van der Waals surface area (Å²) in [5.41, 5.74) is 1.23. The van der Waals surface area contributed by atoms with E-state index in [1.54, 1.807) is 6.92 Å². The third-order valence-corrected chi connectivity index (χ3v) is 3.69. The molecule has 1 saturated carbocycles. The molecule has 5 heteroatoms. The van der Waals surface area contributed by atoms with Gasteiger partial charge in [0.25, 0.3) is 0 Å². The lowest BCUT2D eigenvalue weighted by Crippen LogP contribution is -2.41. The first kappa shape index (κ1) is 14.4. The molecule has 5 nitrogen and oxygen atoms in total. The Labute approximate surface area is 118 Å². The second kappa shape index (κ2) is 6.41. The van der Waals surface area contributed by atoms with Gasteiger partial charge in [-0.2, -0.15) is 0 Å². The normalized spacial score (nSPS) is 21.9. The van der Waals surface area contributed by atoms with Gasteiger partial charge in [0.05, 0.1) is 5.92 Å². The Kier molecular flexibility index (Phi) is 4.61. The molecule has 3 atom stereocenters. The van der Waals surface area contributed by atoms with Crippen LogP contribution in [0.25, 0.3) is 0 Å². The zero-order chi connectivity index (χ0) is 14.5. The fourth-order valence-electron chi connectivity index (χ4n) is 2.26. The first-order chi connectivity index (χ1) is 9.61. The molecule has 1 aliphatic carbocycles. The highest BCUT2D eigenvalue weighted by Crippen LogP contribution is 2.40. The summed E-state index contributed by atoms with van der Waals surface area (Å²) < 4.78 is 0. The number of rotatable bonds is 6. The van der Waals surface area contributed by atoms with Gasteiger partial charge in [-0.1, -0.05) is 37.3 Å². The molecule has 0 spiro atoms. The number of carboxylic acid groups (broad SMARTS) is 1. The molecule has 3 unspecified atom stereocenters. The van der Waals surface area contributed by atoms with Crippen molar-refractivity contribution < 1.29 is 14.7 Å². The average Bonchev–Trinajstić information content (AvgIpc) is 3.19. The molecular formula is C15H20N2O3. The molecule has 0 heterocycles. The van der Waals surface area contributed by atoms with Gasteiger partial charge in [-0.05, 0) is 18.4 Å². The van der Waals surface area contributed by atoms with Crippen molar-refractivity contribution in [3.05, 3.63) is 35.9 Å². The summed E-state index contributed by atoms with van der Waals surface area (Å²) >= 11 is 0. The predicted octanol–water partition coefficient (Wildman–Crippen LogP) is 1.95. The van der Waals surface area contributed by atoms with E-state index in [0.29, 0.717) is 12.3 Å². The summed E-state index contributed by atoms with van der Waals surface area (Å²) in [5.74, 6) is -1.02. The first-order valence-electron chi connectivity index (χ1n) is 6.94. The Morgan fingerprint density at radius 2 is 2.05 bits per heavy atom. The minimum Gasteiger partial charge on any atom is -0.481 e. The van der Waals surface area contributed by atoms with Gasteiger partial charge in [-0.3, -0.25) is 4.79 Å². The molecule has 3 N–H and O–H groups in total. The highest BCUT2D eigenvalue weighted by Gasteiger charge is 2.39. The number of hydrogen-bond donors (Lipinski definition) is 3. The van der Waals surface area contributed by atoms with Crippen molar-refractivity contribution in [2.24, 2.45) is 5.92 Å². The largest absolute Gasteiger partial charge is 0.481 e. The molecule has 0 aliphatic heterocycles. The van der Waals surface area contributed by atoms with Crippen molar-refractivity contribution >= 4 is 12.0 Å². The van der Waals surface area contributed by atoms with Crippen LogP contribution >= 0.6 is 0 Å². The highest BCUT2D eigenvalue weighted by atomic mass is 16.4. The summed E-state index contributed by atoms with van der Waals surface area (Å²) in [7, 11) is 0. The van der Waals surface area contributed by atoms with E-state index in [1.165, 1.54) is 5.56 Å². The molecule has 0 saturated heterocycles. The van der Waals surface area contributed by atoms with Crippen LogP contribution in [0.2, 0.25) is 0 Å². The molecule has 1 fully saturated rings. The Hall–Kier alpha value is -2.04. The van der Waals surface area contributed by atoms with Gasteiger partial charge in [-0.25, -0.2) is 4.79 Å². The number of benzene rings is 1. The van der Waals surface area contributed by atoms with Crippen LogP contribution in [0.3, 0.4) is 0 Å². The number of nitrogens with one attached hydrogen (secondary N) is 2. The molecule has 0 bridgehead atoms. The third-order valence-electron chi connectivity index (χ3n) is 3.69. The van der Waals surface area contributed by atoms with Crippen molar-refractivity contribution in [3.63, 3.8) is 0 Å². The van der Waals surface area contributed by atoms with Crippen molar-refractivity contribution in [2.45, 2.75) is 31.7 Å². The first-order valence-corrected chi connectivity index (χ1v) is 6.94. The van der Waals surface area contributed by atoms with Gasteiger partial charge in [0.1, 0.15) is 0 Å². The Balaban J connectivity index is 1.73. The Morgan fingerprint density at radius 1 is 1.35 bits per heavy atom. The van der Waals surface area contributed by atoms with Crippen LogP contribution in [0.15, 0.2) is 30.3 Å². The van der Waals surface area contributed by atoms with E-state index < -0.39 is 11.9 Å². The smallest absolute Gasteiger partial charge is 0.315 e. The highest BCUT2D eigenvalue weighted by molar-refractivity contribution is 5.76. The summed E-state index contributed by atoms with van der Waals surface area (Å²) in [6.07, 6.45) is 1.44. The van der Waals surface area contributed by atoms with Crippen molar-refractivity contribution in [3.8, 4) is 0 Å². The van der Waals surface area contributed by atoms with Gasteiger partial charge in [-0.15, -0.1) is 0 Å². The van der Waals surface area contributed by atoms with Gasteiger partial charge in [0.2, 0.25) is 0 Å². The predicted molar refractivity (Wildman–Crippen MR) is 75.5 cm³/mol. The standard InChI is InChI=1S/C15H20N2O3/c1-2-10(14(18)19)9-16-15(20)17-13-8-12(13)11-6-4-3-5-7-11/h3-7,10,12-13H,2,8-9H2,1H3,(H,18,19)(H2,16,17,20). The fourth-order valence-corrected chi connectivity index (χ4v) is 2.26. The molecular weight excluding hydrogens is 256 g/mol. The van der Waals surface area contributed by atoms with Crippen LogP contribution in [0, 0.1) is 5.92 Å². The topological polar surface area (TPSA) is 78.4 Å². The molecule has 0 radical (unpaired) electrons. The summed E-state index contributed by atoms with van der Waals surface area (Å²) in [5, 5.41) is 14.4. The van der Waals surface area contributed by atoms with Gasteiger partial charge in [0.15, 0.2) is 0 Å². The van der Waals surface area contributed by atoms with Gasteiger partial charge < -0.3 is 15.7 Å². The number of carbonyl (C=O) groups is 2. The summed E-state index contributed by atoms with van der Waals surface area (Å²) in [6.45, 7) is 1.96. The lowest BCUT2D eigenvalue weighted by molar-refractivity contribution is -0.141. The van der Waals surface area contributed by atoms with E-state index in [-0.39, 0.29) is 18.6 Å². The minimum absolute atomic E-state index is 0.155. The van der Waals surface area contributed by atoms with Crippen LogP contribution < -0.4 is 10.6 Å². The molecule has 1 aliphatic rings. The maximum atomic E-state index is 11.7. The molecule has 2 rings (SSSR count). The maximum absolute atomic E-state index is 11.7. The third kappa shape index (κ3) is 3.73. The number of hydrogen-bond acceptors (Lipinski definition) is 2. The zero-order valence-electron chi connectivity index (χ0n) is 11.5. The fraction of sp³-hybridized carbons (Fsp3) is 0.467. The molecule has 1 aromatic rings. The number of carboxylic acids is 1. The van der Waals surface area contributed by atoms with E-state index in [2.05, 4.69) is 22.8 Å². The maximum Gasteiger partial charge on any atom is 0.315 e. The molecule has 0 aromatic heterocycles. The molecule has 2 amide bonds. The van der Waals surface area contributed by atoms with Crippen LogP contribution in [0.5, 0.6) is 0 Å². The van der Waals surface area contributed by atoms with Crippen LogP contribution in [0.4, 0.5) is 4.79 Å².